The third kappa shape index (κ3) is 9.92. The first-order valence-corrected chi connectivity index (χ1v) is 4.34. The zero-order chi connectivity index (χ0) is 8.74. The van der Waals surface area contributed by atoms with Crippen LogP contribution in [0.5, 0.6) is 0 Å². The Morgan fingerprint density at radius 3 is 2.27 bits per heavy atom. The van der Waals surface area contributed by atoms with Crippen LogP contribution in [0, 0.1) is 5.41 Å². The van der Waals surface area contributed by atoms with Gasteiger partial charge in [0.25, 0.3) is 0 Å². The zero-order valence-corrected chi connectivity index (χ0v) is 8.02. The Kier molecular flexibility index (Phi) is 5.51. The summed E-state index contributed by atoms with van der Waals surface area (Å²) in [4.78, 5) is 0. The van der Waals surface area contributed by atoms with Crippen molar-refractivity contribution < 1.29 is 4.74 Å². The van der Waals surface area contributed by atoms with E-state index in [0.29, 0.717) is 18.6 Å². The summed E-state index contributed by atoms with van der Waals surface area (Å²) in [6.07, 6.45) is 2.36. The first-order valence-electron chi connectivity index (χ1n) is 4.34. The fourth-order valence-electron chi connectivity index (χ4n) is 0.890. The van der Waals surface area contributed by atoms with E-state index in [1.807, 2.05) is 0 Å². The fourth-order valence-corrected chi connectivity index (χ4v) is 0.890. The molecule has 0 aromatic heterocycles. The molecule has 2 N–H and O–H groups in total. The van der Waals surface area contributed by atoms with Gasteiger partial charge >= 0.3 is 0 Å². The predicted molar refractivity (Wildman–Crippen MR) is 48.6 cm³/mol. The molecule has 68 valence electrons. The molecule has 0 bridgehead atoms. The maximum absolute atomic E-state index is 5.27. The highest BCUT2D eigenvalue weighted by Gasteiger charge is 2.08. The highest BCUT2D eigenvalue weighted by Crippen LogP contribution is 2.19. The van der Waals surface area contributed by atoms with Crippen LogP contribution < -0.4 is 5.73 Å². The molecule has 0 aromatic rings. The van der Waals surface area contributed by atoms with Crippen molar-refractivity contribution >= 4 is 0 Å². The van der Waals surface area contributed by atoms with Crippen molar-refractivity contribution in [2.45, 2.75) is 33.6 Å². The molecule has 0 aliphatic heterocycles. The third-order valence-electron chi connectivity index (χ3n) is 1.48. The quantitative estimate of drug-likeness (QED) is 0.621. The van der Waals surface area contributed by atoms with Gasteiger partial charge in [0, 0.05) is 13.2 Å². The molecule has 2 nitrogen and oxygen atoms in total. The van der Waals surface area contributed by atoms with Crippen LogP contribution in [0.1, 0.15) is 33.6 Å². The minimum atomic E-state index is 0.437. The second-order valence-corrected chi connectivity index (χ2v) is 4.07. The van der Waals surface area contributed by atoms with Crippen LogP contribution in [0.4, 0.5) is 0 Å². The summed E-state index contributed by atoms with van der Waals surface area (Å²) in [7, 11) is 0. The van der Waals surface area contributed by atoms with Crippen molar-refractivity contribution in [1.29, 1.82) is 0 Å². The van der Waals surface area contributed by atoms with Gasteiger partial charge in [-0.2, -0.15) is 0 Å². The lowest BCUT2D eigenvalue weighted by atomic mass is 9.91. The van der Waals surface area contributed by atoms with Crippen LogP contribution in [0.2, 0.25) is 0 Å². The monoisotopic (exact) mass is 159 g/mol. The van der Waals surface area contributed by atoms with E-state index in [-0.39, 0.29) is 0 Å². The number of hydrogen-bond donors (Lipinski definition) is 1. The molecule has 0 saturated heterocycles. The van der Waals surface area contributed by atoms with E-state index < -0.39 is 0 Å². The van der Waals surface area contributed by atoms with Crippen LogP contribution in [-0.2, 0) is 4.74 Å². The van der Waals surface area contributed by atoms with Crippen molar-refractivity contribution in [3.05, 3.63) is 0 Å². The normalized spacial score (nSPS) is 12.0. The lowest BCUT2D eigenvalue weighted by Gasteiger charge is -2.17. The van der Waals surface area contributed by atoms with E-state index in [4.69, 9.17) is 10.5 Å². The molecule has 0 spiro atoms. The van der Waals surface area contributed by atoms with Crippen molar-refractivity contribution in [1.82, 2.24) is 0 Å². The summed E-state index contributed by atoms with van der Waals surface area (Å²) in [5, 5.41) is 0. The molecule has 0 aromatic carbocycles. The molecular weight excluding hydrogens is 138 g/mol. The van der Waals surface area contributed by atoms with E-state index in [0.717, 1.165) is 13.0 Å². The molecule has 0 aliphatic carbocycles. The fraction of sp³-hybridized carbons (Fsp3) is 1.00. The van der Waals surface area contributed by atoms with Gasteiger partial charge in [-0.3, -0.25) is 0 Å². The molecule has 0 heterocycles. The molecule has 0 atom stereocenters. The molecule has 0 radical (unpaired) electrons. The zero-order valence-electron chi connectivity index (χ0n) is 8.02. The third-order valence-corrected chi connectivity index (χ3v) is 1.48. The summed E-state index contributed by atoms with van der Waals surface area (Å²) in [5.74, 6) is 0. The van der Waals surface area contributed by atoms with Crippen LogP contribution in [-0.4, -0.2) is 19.8 Å². The van der Waals surface area contributed by atoms with Gasteiger partial charge in [0.1, 0.15) is 0 Å². The van der Waals surface area contributed by atoms with Crippen molar-refractivity contribution in [3.63, 3.8) is 0 Å². The van der Waals surface area contributed by atoms with Crippen molar-refractivity contribution in [2.24, 2.45) is 11.1 Å². The highest BCUT2D eigenvalue weighted by molar-refractivity contribution is 4.60. The van der Waals surface area contributed by atoms with Gasteiger partial charge in [0.15, 0.2) is 0 Å². The number of ether oxygens (including phenoxy) is 1. The van der Waals surface area contributed by atoms with E-state index >= 15 is 0 Å². The van der Waals surface area contributed by atoms with Gasteiger partial charge in [0.05, 0.1) is 6.61 Å². The molecule has 11 heavy (non-hydrogen) atoms. The van der Waals surface area contributed by atoms with Gasteiger partial charge in [-0.25, -0.2) is 0 Å². The average Bonchev–Trinajstić information content (AvgIpc) is 1.85. The van der Waals surface area contributed by atoms with E-state index in [2.05, 4.69) is 20.8 Å². The van der Waals surface area contributed by atoms with E-state index in [9.17, 15) is 0 Å². The molecule has 2 heteroatoms. The second kappa shape index (κ2) is 5.56. The Hall–Kier alpha value is -0.0800. The lowest BCUT2D eigenvalue weighted by Crippen LogP contribution is -2.11. The lowest BCUT2D eigenvalue weighted by molar-refractivity contribution is 0.129. The average molecular weight is 159 g/mol. The van der Waals surface area contributed by atoms with Crippen LogP contribution in [0.3, 0.4) is 0 Å². The minimum Gasteiger partial charge on any atom is -0.380 e. The van der Waals surface area contributed by atoms with Gasteiger partial charge < -0.3 is 10.5 Å². The SMILES string of the molecule is CC(C)(C)CCCOCCN. The van der Waals surface area contributed by atoms with Gasteiger partial charge in [-0.15, -0.1) is 0 Å². The Balaban J connectivity index is 3.02. The smallest absolute Gasteiger partial charge is 0.0588 e. The Morgan fingerprint density at radius 1 is 1.18 bits per heavy atom. The second-order valence-electron chi connectivity index (χ2n) is 4.07. The molecule has 0 saturated carbocycles. The van der Waals surface area contributed by atoms with E-state index in [1.54, 1.807) is 0 Å². The van der Waals surface area contributed by atoms with Gasteiger partial charge in [-0.1, -0.05) is 20.8 Å². The Bertz CT molecular complexity index is 86.1. The van der Waals surface area contributed by atoms with Gasteiger partial charge in [0.2, 0.25) is 0 Å². The highest BCUT2D eigenvalue weighted by atomic mass is 16.5. The summed E-state index contributed by atoms with van der Waals surface area (Å²) in [6.45, 7) is 8.93. The van der Waals surface area contributed by atoms with Crippen molar-refractivity contribution in [3.8, 4) is 0 Å². The molecule has 0 amide bonds. The molecule has 0 rings (SSSR count). The first kappa shape index (κ1) is 10.9. The Morgan fingerprint density at radius 2 is 1.82 bits per heavy atom. The Labute approximate surface area is 70.1 Å². The maximum atomic E-state index is 5.27. The van der Waals surface area contributed by atoms with Crippen LogP contribution >= 0.6 is 0 Å². The van der Waals surface area contributed by atoms with E-state index in [1.165, 1.54) is 6.42 Å². The summed E-state index contributed by atoms with van der Waals surface area (Å²) < 4.78 is 5.25. The molecule has 0 unspecified atom stereocenters. The maximum Gasteiger partial charge on any atom is 0.0588 e. The largest absolute Gasteiger partial charge is 0.380 e. The summed E-state index contributed by atoms with van der Waals surface area (Å²) in [6, 6.07) is 0. The minimum absolute atomic E-state index is 0.437. The molecule has 0 aliphatic rings. The van der Waals surface area contributed by atoms with Crippen molar-refractivity contribution in [2.75, 3.05) is 19.8 Å². The number of rotatable bonds is 5. The molecular formula is C9H21NO. The summed E-state index contributed by atoms with van der Waals surface area (Å²) in [5.41, 5.74) is 5.71. The first-order chi connectivity index (χ1) is 5.06. The van der Waals surface area contributed by atoms with Crippen LogP contribution in [0.15, 0.2) is 0 Å². The topological polar surface area (TPSA) is 35.2 Å². The molecule has 0 fully saturated rings. The number of hydrogen-bond acceptors (Lipinski definition) is 2. The summed E-state index contributed by atoms with van der Waals surface area (Å²) >= 11 is 0. The van der Waals surface area contributed by atoms with Gasteiger partial charge in [-0.05, 0) is 18.3 Å². The van der Waals surface area contributed by atoms with Crippen LogP contribution in [0.25, 0.3) is 0 Å². The number of nitrogens with two attached hydrogens (primary N) is 1. The predicted octanol–water partition coefficient (Wildman–Crippen LogP) is 1.79. The standard InChI is InChI=1S/C9H21NO/c1-9(2,3)5-4-7-11-8-6-10/h4-8,10H2,1-3H3.